The molecule has 1 amide bonds. The average molecular weight is 315 g/mol. The van der Waals surface area contributed by atoms with Crippen molar-refractivity contribution in [2.45, 2.75) is 6.92 Å². The first-order chi connectivity index (χ1) is 11.7. The number of hydrogen-bond acceptors (Lipinski definition) is 3. The number of nitrogens with zero attached hydrogens (tertiary/aromatic N) is 2. The number of aromatic nitrogens is 1. The van der Waals surface area contributed by atoms with E-state index in [0.29, 0.717) is 5.56 Å². The van der Waals surface area contributed by atoms with Gasteiger partial charge in [-0.3, -0.25) is 9.78 Å². The second-order valence-electron chi connectivity index (χ2n) is 5.32. The molecule has 3 rings (SSSR count). The maximum absolute atomic E-state index is 12.4. The average Bonchev–Trinajstić information content (AvgIpc) is 2.61. The van der Waals surface area contributed by atoms with E-state index in [-0.39, 0.29) is 5.91 Å². The van der Waals surface area contributed by atoms with Crippen LogP contribution >= 0.6 is 0 Å². The Morgan fingerprint density at radius 1 is 1.08 bits per heavy atom. The predicted octanol–water partition coefficient (Wildman–Crippen LogP) is 3.97. The molecular formula is C20H17N3O. The van der Waals surface area contributed by atoms with Crippen LogP contribution in [0.3, 0.4) is 0 Å². The van der Waals surface area contributed by atoms with Crippen molar-refractivity contribution in [1.29, 1.82) is 0 Å². The molecule has 1 N–H and O–H groups in total. The predicted molar refractivity (Wildman–Crippen MR) is 97.9 cm³/mol. The number of amides is 1. The van der Waals surface area contributed by atoms with Crippen molar-refractivity contribution >= 4 is 29.1 Å². The lowest BCUT2D eigenvalue weighted by atomic mass is 10.1. The number of allylic oxidation sites excluding steroid dienone is 1. The van der Waals surface area contributed by atoms with Gasteiger partial charge in [-0.15, -0.1) is 0 Å². The molecule has 0 aliphatic heterocycles. The van der Waals surface area contributed by atoms with Gasteiger partial charge in [0.15, 0.2) is 0 Å². The molecular weight excluding hydrogens is 298 g/mol. The Kier molecular flexibility index (Phi) is 4.77. The fourth-order valence-corrected chi connectivity index (χ4v) is 2.41. The summed E-state index contributed by atoms with van der Waals surface area (Å²) in [5.74, 6) is -0.249. The highest BCUT2D eigenvalue weighted by Gasteiger charge is 2.10. The Morgan fingerprint density at radius 3 is 2.67 bits per heavy atom. The molecule has 4 nitrogen and oxygen atoms in total. The number of nitrogens with one attached hydrogen (secondary N) is 1. The summed E-state index contributed by atoms with van der Waals surface area (Å²) in [6.07, 6.45) is 5.26. The first-order valence-corrected chi connectivity index (χ1v) is 7.65. The molecule has 0 aliphatic rings. The highest BCUT2D eigenvalue weighted by molar-refractivity contribution is 6.06. The molecule has 0 fully saturated rings. The number of fused-ring (bicyclic) bond motifs is 1. The van der Waals surface area contributed by atoms with Gasteiger partial charge in [0.2, 0.25) is 0 Å². The van der Waals surface area contributed by atoms with Gasteiger partial charge in [-0.2, -0.15) is 5.10 Å². The van der Waals surface area contributed by atoms with E-state index < -0.39 is 0 Å². The minimum absolute atomic E-state index is 0.249. The molecule has 1 aromatic heterocycles. The summed E-state index contributed by atoms with van der Waals surface area (Å²) in [6, 6.07) is 19.2. The highest BCUT2D eigenvalue weighted by Crippen LogP contribution is 2.17. The van der Waals surface area contributed by atoms with Gasteiger partial charge in [-0.05, 0) is 30.7 Å². The number of para-hydroxylation sites is 1. The number of carbonyl (C=O) groups is 1. The molecule has 0 spiro atoms. The van der Waals surface area contributed by atoms with Gasteiger partial charge >= 0.3 is 0 Å². The number of rotatable bonds is 4. The SMILES string of the molecule is Cc1cc(C(=O)NN=CC=Cc2ccccc2)c2ccccc2n1. The third-order valence-electron chi connectivity index (χ3n) is 3.50. The van der Waals surface area contributed by atoms with Crippen LogP contribution in [0, 0.1) is 6.92 Å². The first-order valence-electron chi connectivity index (χ1n) is 7.65. The van der Waals surface area contributed by atoms with Crippen LogP contribution in [0.5, 0.6) is 0 Å². The van der Waals surface area contributed by atoms with E-state index in [1.54, 1.807) is 18.4 Å². The molecule has 2 aromatic carbocycles. The van der Waals surface area contributed by atoms with Crippen LogP contribution in [-0.2, 0) is 0 Å². The van der Waals surface area contributed by atoms with E-state index in [2.05, 4.69) is 15.5 Å². The van der Waals surface area contributed by atoms with Crippen molar-refractivity contribution in [2.24, 2.45) is 5.10 Å². The summed E-state index contributed by atoms with van der Waals surface area (Å²) in [5.41, 5.74) is 5.80. The van der Waals surface area contributed by atoms with Gasteiger partial charge in [0.05, 0.1) is 11.1 Å². The molecule has 3 aromatic rings. The van der Waals surface area contributed by atoms with Crippen LogP contribution in [-0.4, -0.2) is 17.1 Å². The molecule has 1 heterocycles. The quantitative estimate of drug-likeness (QED) is 0.585. The summed E-state index contributed by atoms with van der Waals surface area (Å²) in [7, 11) is 0. The van der Waals surface area contributed by atoms with Gasteiger partial charge in [-0.25, -0.2) is 5.43 Å². The lowest BCUT2D eigenvalue weighted by molar-refractivity contribution is 0.0956. The van der Waals surface area contributed by atoms with E-state index in [1.165, 1.54) is 0 Å². The van der Waals surface area contributed by atoms with Gasteiger partial charge in [0, 0.05) is 17.3 Å². The van der Waals surface area contributed by atoms with Gasteiger partial charge in [0.1, 0.15) is 0 Å². The monoisotopic (exact) mass is 315 g/mol. The van der Waals surface area contributed by atoms with E-state index >= 15 is 0 Å². The zero-order valence-electron chi connectivity index (χ0n) is 13.3. The minimum atomic E-state index is -0.249. The van der Waals surface area contributed by atoms with Crippen LogP contribution in [0.2, 0.25) is 0 Å². The second kappa shape index (κ2) is 7.33. The number of hydrazone groups is 1. The normalized spacial score (nSPS) is 11.4. The lowest BCUT2D eigenvalue weighted by Gasteiger charge is -2.06. The maximum Gasteiger partial charge on any atom is 0.272 e. The Hall–Kier alpha value is -3.27. The zero-order valence-corrected chi connectivity index (χ0v) is 13.3. The van der Waals surface area contributed by atoms with Crippen LogP contribution in [0.25, 0.3) is 17.0 Å². The Morgan fingerprint density at radius 2 is 1.83 bits per heavy atom. The van der Waals surface area contributed by atoms with Crippen LogP contribution in [0.4, 0.5) is 0 Å². The summed E-state index contributed by atoms with van der Waals surface area (Å²) in [6.45, 7) is 1.87. The fourth-order valence-electron chi connectivity index (χ4n) is 2.41. The summed E-state index contributed by atoms with van der Waals surface area (Å²) >= 11 is 0. The van der Waals surface area contributed by atoms with Gasteiger partial charge in [-0.1, -0.05) is 54.6 Å². The molecule has 118 valence electrons. The lowest BCUT2D eigenvalue weighted by Crippen LogP contribution is -2.18. The number of aryl methyl sites for hydroxylation is 1. The molecule has 24 heavy (non-hydrogen) atoms. The Bertz CT molecular complexity index is 915. The minimum Gasteiger partial charge on any atom is -0.267 e. The van der Waals surface area contributed by atoms with Gasteiger partial charge in [0.25, 0.3) is 5.91 Å². The first kappa shape index (κ1) is 15.6. The van der Waals surface area contributed by atoms with E-state index in [9.17, 15) is 4.79 Å². The molecule has 0 saturated heterocycles. The van der Waals surface area contributed by atoms with Crippen LogP contribution in [0.1, 0.15) is 21.6 Å². The summed E-state index contributed by atoms with van der Waals surface area (Å²) < 4.78 is 0. The molecule has 0 radical (unpaired) electrons. The molecule has 0 aliphatic carbocycles. The summed E-state index contributed by atoms with van der Waals surface area (Å²) in [5, 5.41) is 4.78. The molecule has 0 atom stereocenters. The number of carbonyl (C=O) groups excluding carboxylic acids is 1. The topological polar surface area (TPSA) is 54.4 Å². The third kappa shape index (κ3) is 3.73. The largest absolute Gasteiger partial charge is 0.272 e. The number of benzene rings is 2. The van der Waals surface area contributed by atoms with E-state index in [1.807, 2.05) is 67.6 Å². The smallest absolute Gasteiger partial charge is 0.267 e. The van der Waals surface area contributed by atoms with E-state index in [0.717, 1.165) is 22.2 Å². The molecule has 0 saturated carbocycles. The van der Waals surface area contributed by atoms with Crippen LogP contribution < -0.4 is 5.43 Å². The van der Waals surface area contributed by atoms with Crippen molar-refractivity contribution in [3.8, 4) is 0 Å². The van der Waals surface area contributed by atoms with Crippen molar-refractivity contribution in [3.05, 3.63) is 83.6 Å². The van der Waals surface area contributed by atoms with Crippen LogP contribution in [0.15, 0.2) is 71.8 Å². The van der Waals surface area contributed by atoms with Crippen molar-refractivity contribution in [1.82, 2.24) is 10.4 Å². The van der Waals surface area contributed by atoms with E-state index in [4.69, 9.17) is 0 Å². The second-order valence-corrected chi connectivity index (χ2v) is 5.32. The Balaban J connectivity index is 1.72. The van der Waals surface area contributed by atoms with Gasteiger partial charge < -0.3 is 0 Å². The molecule has 4 heteroatoms. The van der Waals surface area contributed by atoms with Crippen molar-refractivity contribution in [3.63, 3.8) is 0 Å². The standard InChI is InChI=1S/C20H17N3O/c1-15-14-18(17-11-5-6-12-19(17)22-15)20(24)23-21-13-7-10-16-8-3-2-4-9-16/h2-14H,1H3,(H,23,24). The maximum atomic E-state index is 12.4. The molecule has 0 bridgehead atoms. The fraction of sp³-hybridized carbons (Fsp3) is 0.0500. The van der Waals surface area contributed by atoms with Crippen molar-refractivity contribution in [2.75, 3.05) is 0 Å². The Labute approximate surface area is 140 Å². The van der Waals surface area contributed by atoms with Crippen molar-refractivity contribution < 1.29 is 4.79 Å². The third-order valence-corrected chi connectivity index (χ3v) is 3.50. The number of hydrogen-bond donors (Lipinski definition) is 1. The molecule has 0 unspecified atom stereocenters. The highest BCUT2D eigenvalue weighted by atomic mass is 16.2. The zero-order chi connectivity index (χ0) is 16.8. The summed E-state index contributed by atoms with van der Waals surface area (Å²) in [4.78, 5) is 16.8. The number of pyridine rings is 1.